The highest BCUT2D eigenvalue weighted by Gasteiger charge is 2.14. The van der Waals surface area contributed by atoms with Gasteiger partial charge in [-0.3, -0.25) is 0 Å². The monoisotopic (exact) mass is 195 g/mol. The van der Waals surface area contributed by atoms with E-state index in [1.54, 1.807) is 6.07 Å². The molecular weight excluding hydrogens is 177 g/mol. The van der Waals surface area contributed by atoms with E-state index in [4.69, 9.17) is 5.73 Å². The molecule has 78 valence electrons. The molecule has 0 spiro atoms. The van der Waals surface area contributed by atoms with Crippen molar-refractivity contribution < 1.29 is 4.39 Å². The van der Waals surface area contributed by atoms with Gasteiger partial charge in [-0.15, -0.1) is 0 Å². The normalized spacial score (nSPS) is 15.2. The molecule has 2 N–H and O–H groups in total. The molecule has 0 radical (unpaired) electrons. The second kappa shape index (κ2) is 4.56. The maximum absolute atomic E-state index is 12.9. The second-order valence-corrected chi connectivity index (χ2v) is 4.00. The molecule has 0 amide bonds. The van der Waals surface area contributed by atoms with Crippen LogP contribution in [0.3, 0.4) is 0 Å². The highest BCUT2D eigenvalue weighted by atomic mass is 19.1. The van der Waals surface area contributed by atoms with Gasteiger partial charge in [-0.25, -0.2) is 4.39 Å². The summed E-state index contributed by atoms with van der Waals surface area (Å²) < 4.78 is 12.9. The first-order chi connectivity index (χ1) is 6.56. The molecule has 0 fully saturated rings. The molecule has 1 nitrogen and oxygen atoms in total. The van der Waals surface area contributed by atoms with Crippen molar-refractivity contribution in [2.45, 2.75) is 26.7 Å². The molecule has 0 saturated heterocycles. The van der Waals surface area contributed by atoms with Crippen molar-refractivity contribution in [3.05, 3.63) is 35.1 Å². The molecule has 0 bridgehead atoms. The van der Waals surface area contributed by atoms with Crippen LogP contribution in [0.2, 0.25) is 0 Å². The standard InChI is InChI=1S/C12H18FN/c1-8-6-11(13)4-5-12(8)10(3)9(2)7-14/h4-6,9-10H,7,14H2,1-3H3. The van der Waals surface area contributed by atoms with E-state index in [0.29, 0.717) is 18.4 Å². The molecule has 14 heavy (non-hydrogen) atoms. The van der Waals surface area contributed by atoms with E-state index in [2.05, 4.69) is 13.8 Å². The van der Waals surface area contributed by atoms with E-state index >= 15 is 0 Å². The Balaban J connectivity index is 2.95. The minimum absolute atomic E-state index is 0.168. The molecule has 0 saturated carbocycles. The smallest absolute Gasteiger partial charge is 0.123 e. The topological polar surface area (TPSA) is 26.0 Å². The average Bonchev–Trinajstić information content (AvgIpc) is 2.15. The molecule has 1 rings (SSSR count). The van der Waals surface area contributed by atoms with Gasteiger partial charge < -0.3 is 5.73 Å². The Labute approximate surface area is 85.1 Å². The van der Waals surface area contributed by atoms with Crippen LogP contribution >= 0.6 is 0 Å². The summed E-state index contributed by atoms with van der Waals surface area (Å²) in [6.45, 7) is 6.86. The average molecular weight is 195 g/mol. The molecule has 2 unspecified atom stereocenters. The molecule has 0 aliphatic rings. The summed E-state index contributed by atoms with van der Waals surface area (Å²) in [4.78, 5) is 0. The lowest BCUT2D eigenvalue weighted by atomic mass is 9.86. The first kappa shape index (κ1) is 11.2. The number of rotatable bonds is 3. The molecule has 1 aromatic carbocycles. The number of hydrogen-bond acceptors (Lipinski definition) is 1. The zero-order valence-electron chi connectivity index (χ0n) is 9.05. The van der Waals surface area contributed by atoms with Crippen molar-refractivity contribution in [3.8, 4) is 0 Å². The van der Waals surface area contributed by atoms with Crippen molar-refractivity contribution in [3.63, 3.8) is 0 Å². The molecular formula is C12H18FN. The Hall–Kier alpha value is -0.890. The number of benzene rings is 1. The molecule has 0 aliphatic carbocycles. The predicted octanol–water partition coefficient (Wildman–Crippen LogP) is 2.83. The molecule has 0 aromatic heterocycles. The van der Waals surface area contributed by atoms with Crippen molar-refractivity contribution in [1.82, 2.24) is 0 Å². The summed E-state index contributed by atoms with van der Waals surface area (Å²) in [7, 11) is 0. The van der Waals surface area contributed by atoms with Crippen LogP contribution in [0.15, 0.2) is 18.2 Å². The highest BCUT2D eigenvalue weighted by molar-refractivity contribution is 5.29. The third-order valence-corrected chi connectivity index (χ3v) is 2.95. The lowest BCUT2D eigenvalue weighted by molar-refractivity contribution is 0.496. The molecule has 0 heterocycles. The fourth-order valence-electron chi connectivity index (χ4n) is 1.66. The summed E-state index contributed by atoms with van der Waals surface area (Å²) in [6.07, 6.45) is 0. The number of nitrogens with two attached hydrogens (primary N) is 1. The van der Waals surface area contributed by atoms with Crippen molar-refractivity contribution >= 4 is 0 Å². The van der Waals surface area contributed by atoms with Crippen LogP contribution in [-0.4, -0.2) is 6.54 Å². The molecule has 0 aliphatic heterocycles. The summed E-state index contributed by atoms with van der Waals surface area (Å²) in [5.41, 5.74) is 7.83. The lowest BCUT2D eigenvalue weighted by Crippen LogP contribution is -2.17. The largest absolute Gasteiger partial charge is 0.330 e. The van der Waals surface area contributed by atoms with Gasteiger partial charge in [-0.1, -0.05) is 19.9 Å². The molecule has 1 aromatic rings. The van der Waals surface area contributed by atoms with E-state index in [0.717, 1.165) is 5.56 Å². The molecule has 2 atom stereocenters. The summed E-state index contributed by atoms with van der Waals surface area (Å²) >= 11 is 0. The lowest BCUT2D eigenvalue weighted by Gasteiger charge is -2.20. The minimum Gasteiger partial charge on any atom is -0.330 e. The zero-order valence-corrected chi connectivity index (χ0v) is 9.05. The number of hydrogen-bond donors (Lipinski definition) is 1. The maximum Gasteiger partial charge on any atom is 0.123 e. The van der Waals surface area contributed by atoms with Crippen molar-refractivity contribution in [1.29, 1.82) is 0 Å². The Bertz CT molecular complexity index is 309. The Morgan fingerprint density at radius 3 is 2.50 bits per heavy atom. The maximum atomic E-state index is 12.9. The summed E-state index contributed by atoms with van der Waals surface area (Å²) in [6, 6.07) is 4.96. The van der Waals surface area contributed by atoms with Crippen LogP contribution in [0.1, 0.15) is 30.9 Å². The van der Waals surface area contributed by atoms with Gasteiger partial charge in [0.1, 0.15) is 5.82 Å². The van der Waals surface area contributed by atoms with Crippen LogP contribution in [0.4, 0.5) is 4.39 Å². The third kappa shape index (κ3) is 2.32. The fraction of sp³-hybridized carbons (Fsp3) is 0.500. The Morgan fingerprint density at radius 1 is 1.36 bits per heavy atom. The first-order valence-corrected chi connectivity index (χ1v) is 5.02. The Morgan fingerprint density at radius 2 is 2.00 bits per heavy atom. The Kier molecular flexibility index (Phi) is 3.64. The van der Waals surface area contributed by atoms with Gasteiger partial charge in [0.05, 0.1) is 0 Å². The van der Waals surface area contributed by atoms with E-state index < -0.39 is 0 Å². The van der Waals surface area contributed by atoms with Crippen LogP contribution < -0.4 is 5.73 Å². The van der Waals surface area contributed by atoms with Crippen LogP contribution in [0.5, 0.6) is 0 Å². The summed E-state index contributed by atoms with van der Waals surface area (Å²) in [5, 5.41) is 0. The molecule has 2 heteroatoms. The van der Waals surface area contributed by atoms with Gasteiger partial charge in [0, 0.05) is 0 Å². The third-order valence-electron chi connectivity index (χ3n) is 2.95. The predicted molar refractivity (Wildman–Crippen MR) is 57.8 cm³/mol. The minimum atomic E-state index is -0.168. The van der Waals surface area contributed by atoms with E-state index in [1.807, 2.05) is 13.0 Å². The number of halogens is 1. The first-order valence-electron chi connectivity index (χ1n) is 5.02. The highest BCUT2D eigenvalue weighted by Crippen LogP contribution is 2.26. The van der Waals surface area contributed by atoms with Crippen LogP contribution in [0.25, 0.3) is 0 Å². The van der Waals surface area contributed by atoms with E-state index in [9.17, 15) is 4.39 Å². The van der Waals surface area contributed by atoms with Crippen molar-refractivity contribution in [2.24, 2.45) is 11.7 Å². The second-order valence-electron chi connectivity index (χ2n) is 4.00. The van der Waals surface area contributed by atoms with Gasteiger partial charge in [0.2, 0.25) is 0 Å². The van der Waals surface area contributed by atoms with Gasteiger partial charge in [0.25, 0.3) is 0 Å². The van der Waals surface area contributed by atoms with Gasteiger partial charge in [-0.05, 0) is 48.6 Å². The SMILES string of the molecule is Cc1cc(F)ccc1C(C)C(C)CN. The van der Waals surface area contributed by atoms with Crippen LogP contribution in [-0.2, 0) is 0 Å². The fourth-order valence-corrected chi connectivity index (χ4v) is 1.66. The quantitative estimate of drug-likeness (QED) is 0.788. The van der Waals surface area contributed by atoms with E-state index in [-0.39, 0.29) is 5.82 Å². The number of aryl methyl sites for hydroxylation is 1. The zero-order chi connectivity index (χ0) is 10.7. The van der Waals surface area contributed by atoms with E-state index in [1.165, 1.54) is 11.6 Å². The van der Waals surface area contributed by atoms with Crippen LogP contribution in [0, 0.1) is 18.7 Å². The van der Waals surface area contributed by atoms with Gasteiger partial charge >= 0.3 is 0 Å². The van der Waals surface area contributed by atoms with Gasteiger partial charge in [0.15, 0.2) is 0 Å². The van der Waals surface area contributed by atoms with Crippen molar-refractivity contribution in [2.75, 3.05) is 6.54 Å². The summed E-state index contributed by atoms with van der Waals surface area (Å²) in [5.74, 6) is 0.651. The van der Waals surface area contributed by atoms with Gasteiger partial charge in [-0.2, -0.15) is 0 Å².